The molecule has 158 valence electrons. The average molecular weight is 436 g/mol. The highest BCUT2D eigenvalue weighted by atomic mass is 35.5. The van der Waals surface area contributed by atoms with Gasteiger partial charge in [-0.25, -0.2) is 0 Å². The van der Waals surface area contributed by atoms with Crippen LogP contribution in [-0.2, 0) is 13.0 Å². The highest BCUT2D eigenvalue weighted by molar-refractivity contribution is 5.85. The van der Waals surface area contributed by atoms with Crippen molar-refractivity contribution in [2.45, 2.75) is 19.0 Å². The molecule has 1 unspecified atom stereocenters. The molecule has 7 heteroatoms. The number of benzene rings is 1. The minimum Gasteiger partial charge on any atom is -0.361 e. The zero-order valence-corrected chi connectivity index (χ0v) is 18.5. The summed E-state index contributed by atoms with van der Waals surface area (Å²) in [6.45, 7) is 6.46. The lowest BCUT2D eigenvalue weighted by atomic mass is 10.0. The molecule has 0 bridgehead atoms. The van der Waals surface area contributed by atoms with Crippen molar-refractivity contribution >= 4 is 35.7 Å². The van der Waals surface area contributed by atoms with Crippen LogP contribution >= 0.6 is 24.8 Å². The first kappa shape index (κ1) is 23.6. The summed E-state index contributed by atoms with van der Waals surface area (Å²) in [4.78, 5) is 12.6. The molecule has 0 saturated carbocycles. The maximum atomic E-state index is 4.21. The van der Waals surface area contributed by atoms with Crippen molar-refractivity contribution in [3.05, 3.63) is 66.1 Å². The number of hydrogen-bond donors (Lipinski definition) is 2. The Hall–Kier alpha value is -1.63. The molecule has 1 aliphatic rings. The van der Waals surface area contributed by atoms with Crippen molar-refractivity contribution in [3.8, 4) is 0 Å². The van der Waals surface area contributed by atoms with Crippen LogP contribution in [0.15, 0.2) is 55.0 Å². The van der Waals surface area contributed by atoms with Crippen LogP contribution in [0.2, 0.25) is 0 Å². The van der Waals surface area contributed by atoms with Crippen LogP contribution < -0.4 is 5.32 Å². The SMILES string of the molecule is CN(CCN1CCNC(Cc2c[nH]c3ccccc23)C1)Cc1cccnc1.Cl.Cl. The Bertz CT molecular complexity index is 855. The Morgan fingerprint density at radius 1 is 1.17 bits per heavy atom. The lowest BCUT2D eigenvalue weighted by molar-refractivity contribution is 0.174. The van der Waals surface area contributed by atoms with Crippen molar-refractivity contribution < 1.29 is 0 Å². The van der Waals surface area contributed by atoms with E-state index in [-0.39, 0.29) is 24.8 Å². The first-order valence-corrected chi connectivity index (χ1v) is 9.86. The maximum Gasteiger partial charge on any atom is 0.0456 e. The van der Waals surface area contributed by atoms with Gasteiger partial charge in [-0.15, -0.1) is 24.8 Å². The van der Waals surface area contributed by atoms with Gasteiger partial charge in [0.05, 0.1) is 0 Å². The number of halogens is 2. The van der Waals surface area contributed by atoms with E-state index < -0.39 is 0 Å². The van der Waals surface area contributed by atoms with Crippen molar-refractivity contribution in [2.24, 2.45) is 0 Å². The molecule has 2 N–H and O–H groups in total. The van der Waals surface area contributed by atoms with Crippen molar-refractivity contribution in [3.63, 3.8) is 0 Å². The van der Waals surface area contributed by atoms with Gasteiger partial charge in [0.15, 0.2) is 0 Å². The first-order chi connectivity index (χ1) is 13.3. The second kappa shape index (κ2) is 11.5. The molecular formula is C22H31Cl2N5. The van der Waals surface area contributed by atoms with Crippen LogP contribution in [0, 0.1) is 0 Å². The zero-order chi connectivity index (χ0) is 18.5. The summed E-state index contributed by atoms with van der Waals surface area (Å²) in [6, 6.07) is 13.2. The molecular weight excluding hydrogens is 405 g/mol. The molecule has 1 atom stereocenters. The number of aromatic nitrogens is 2. The Labute approximate surface area is 185 Å². The number of rotatable bonds is 7. The van der Waals surface area contributed by atoms with E-state index in [2.05, 4.69) is 68.7 Å². The van der Waals surface area contributed by atoms with E-state index in [1.807, 2.05) is 18.5 Å². The monoisotopic (exact) mass is 435 g/mol. The lowest BCUT2D eigenvalue weighted by Crippen LogP contribution is -2.52. The molecule has 1 aromatic carbocycles. The summed E-state index contributed by atoms with van der Waals surface area (Å²) in [6.07, 6.45) is 7.04. The van der Waals surface area contributed by atoms with Gasteiger partial charge < -0.3 is 15.2 Å². The summed E-state index contributed by atoms with van der Waals surface area (Å²) in [5.74, 6) is 0. The van der Waals surface area contributed by atoms with Crippen LogP contribution in [0.5, 0.6) is 0 Å². The third kappa shape index (κ3) is 6.43. The molecule has 4 rings (SSSR count). The quantitative estimate of drug-likeness (QED) is 0.597. The number of hydrogen-bond acceptors (Lipinski definition) is 4. The van der Waals surface area contributed by atoms with Crippen LogP contribution in [0.1, 0.15) is 11.1 Å². The number of aromatic amines is 1. The number of nitrogens with zero attached hydrogens (tertiary/aromatic N) is 3. The Morgan fingerprint density at radius 2 is 2.03 bits per heavy atom. The third-order valence-corrected chi connectivity index (χ3v) is 5.45. The molecule has 1 saturated heterocycles. The van der Waals surface area contributed by atoms with Gasteiger partial charge in [0.2, 0.25) is 0 Å². The van der Waals surface area contributed by atoms with Crippen LogP contribution in [0.25, 0.3) is 10.9 Å². The van der Waals surface area contributed by atoms with Gasteiger partial charge >= 0.3 is 0 Å². The van der Waals surface area contributed by atoms with Crippen molar-refractivity contribution in [1.82, 2.24) is 25.1 Å². The predicted molar refractivity (Wildman–Crippen MR) is 125 cm³/mol. The standard InChI is InChI=1S/C22H29N5.2ClH/c1-26(16-18-5-4-8-23-14-18)11-12-27-10-9-24-20(17-27)13-19-15-25-22-7-3-2-6-21(19)22;;/h2-8,14-15,20,24-25H,9-13,16-17H2,1H3;2*1H. The molecule has 2 aromatic heterocycles. The van der Waals surface area contributed by atoms with E-state index in [4.69, 9.17) is 0 Å². The fourth-order valence-electron chi connectivity index (χ4n) is 3.99. The molecule has 3 aromatic rings. The first-order valence-electron chi connectivity index (χ1n) is 9.86. The lowest BCUT2D eigenvalue weighted by Gasteiger charge is -2.34. The molecule has 1 aliphatic heterocycles. The molecule has 0 radical (unpaired) electrons. The molecule has 0 aliphatic carbocycles. The number of piperazine rings is 1. The van der Waals surface area contributed by atoms with E-state index >= 15 is 0 Å². The Morgan fingerprint density at radius 3 is 2.86 bits per heavy atom. The molecule has 5 nitrogen and oxygen atoms in total. The summed E-state index contributed by atoms with van der Waals surface area (Å²) in [7, 11) is 2.19. The number of para-hydroxylation sites is 1. The minimum absolute atomic E-state index is 0. The number of fused-ring (bicyclic) bond motifs is 1. The van der Waals surface area contributed by atoms with Crippen molar-refractivity contribution in [2.75, 3.05) is 39.8 Å². The maximum absolute atomic E-state index is 4.21. The Kier molecular flexibility index (Phi) is 9.40. The number of pyridine rings is 1. The fourth-order valence-corrected chi connectivity index (χ4v) is 3.99. The summed E-state index contributed by atoms with van der Waals surface area (Å²) in [5, 5.41) is 5.06. The summed E-state index contributed by atoms with van der Waals surface area (Å²) >= 11 is 0. The van der Waals surface area contributed by atoms with Gasteiger partial charge in [-0.2, -0.15) is 0 Å². The van der Waals surface area contributed by atoms with E-state index in [0.29, 0.717) is 6.04 Å². The smallest absolute Gasteiger partial charge is 0.0456 e. The number of H-pyrrole nitrogens is 1. The van der Waals surface area contributed by atoms with Gasteiger partial charge in [-0.05, 0) is 36.7 Å². The second-order valence-corrected chi connectivity index (χ2v) is 7.61. The second-order valence-electron chi connectivity index (χ2n) is 7.61. The van der Waals surface area contributed by atoms with E-state index in [0.717, 1.165) is 45.7 Å². The number of likely N-dealkylation sites (N-methyl/N-ethyl adjacent to an activating group) is 1. The van der Waals surface area contributed by atoms with Gasteiger partial charge in [0.1, 0.15) is 0 Å². The average Bonchev–Trinajstić information content (AvgIpc) is 3.11. The normalized spacial score (nSPS) is 17.1. The molecule has 0 spiro atoms. The van der Waals surface area contributed by atoms with Gasteiger partial charge in [0.25, 0.3) is 0 Å². The largest absolute Gasteiger partial charge is 0.361 e. The third-order valence-electron chi connectivity index (χ3n) is 5.45. The van der Waals surface area contributed by atoms with Crippen LogP contribution in [0.4, 0.5) is 0 Å². The predicted octanol–water partition coefficient (Wildman–Crippen LogP) is 3.35. The highest BCUT2D eigenvalue weighted by Gasteiger charge is 2.20. The molecule has 0 amide bonds. The van der Waals surface area contributed by atoms with Crippen LogP contribution in [-0.4, -0.2) is 65.6 Å². The van der Waals surface area contributed by atoms with Gasteiger partial charge in [0, 0.05) is 74.8 Å². The van der Waals surface area contributed by atoms with Gasteiger partial charge in [-0.1, -0.05) is 24.3 Å². The van der Waals surface area contributed by atoms with Crippen molar-refractivity contribution in [1.29, 1.82) is 0 Å². The van der Waals surface area contributed by atoms with Crippen LogP contribution in [0.3, 0.4) is 0 Å². The fraction of sp³-hybridized carbons (Fsp3) is 0.409. The highest BCUT2D eigenvalue weighted by Crippen LogP contribution is 2.19. The minimum atomic E-state index is 0. The topological polar surface area (TPSA) is 47.2 Å². The Balaban J connectivity index is 0.00000150. The molecule has 3 heterocycles. The molecule has 1 fully saturated rings. The molecule has 29 heavy (non-hydrogen) atoms. The zero-order valence-electron chi connectivity index (χ0n) is 16.9. The summed E-state index contributed by atoms with van der Waals surface area (Å²) in [5.41, 5.74) is 3.92. The van der Waals surface area contributed by atoms with E-state index in [1.54, 1.807) is 0 Å². The van der Waals surface area contributed by atoms with E-state index in [9.17, 15) is 0 Å². The van der Waals surface area contributed by atoms with Gasteiger partial charge in [-0.3, -0.25) is 9.88 Å². The van der Waals surface area contributed by atoms with E-state index in [1.165, 1.54) is 22.0 Å². The number of nitrogens with one attached hydrogen (secondary N) is 2. The summed E-state index contributed by atoms with van der Waals surface area (Å²) < 4.78 is 0.